The van der Waals surface area contributed by atoms with Crippen molar-refractivity contribution in [1.82, 2.24) is 20.0 Å². The smallest absolute Gasteiger partial charge is 0.244 e. The van der Waals surface area contributed by atoms with Crippen LogP contribution in [0, 0.1) is 29.1 Å². The first-order valence-electron chi connectivity index (χ1n) is 13.4. The molecule has 5 aliphatic rings. The lowest BCUT2D eigenvalue weighted by molar-refractivity contribution is -0.00778. The van der Waals surface area contributed by atoms with Crippen molar-refractivity contribution < 1.29 is 4.74 Å². The maximum atomic E-state index is 10.3. The maximum absolute atomic E-state index is 10.3. The molecule has 0 radical (unpaired) electrons. The second-order valence-corrected chi connectivity index (χ2v) is 11.5. The summed E-state index contributed by atoms with van der Waals surface area (Å²) in [4.78, 5) is 0. The molecule has 0 spiro atoms. The van der Waals surface area contributed by atoms with Crippen molar-refractivity contribution in [3.63, 3.8) is 0 Å². The van der Waals surface area contributed by atoms with Crippen molar-refractivity contribution in [3.05, 3.63) is 70.5 Å². The summed E-state index contributed by atoms with van der Waals surface area (Å²) in [7, 11) is 0. The molecule has 4 saturated carbocycles. The Morgan fingerprint density at radius 1 is 1.14 bits per heavy atom. The normalized spacial score (nSPS) is 30.2. The monoisotopic (exact) mass is 480 g/mol. The Labute approximate surface area is 211 Å². The van der Waals surface area contributed by atoms with Crippen LogP contribution in [0.1, 0.15) is 80.3 Å². The van der Waals surface area contributed by atoms with E-state index >= 15 is 0 Å². The molecule has 4 bridgehead atoms. The predicted molar refractivity (Wildman–Crippen MR) is 135 cm³/mol. The molecule has 4 aliphatic carbocycles. The lowest BCUT2D eigenvalue weighted by atomic mass is 9.48. The minimum absolute atomic E-state index is 0.0621. The number of benzene rings is 1. The van der Waals surface area contributed by atoms with Crippen molar-refractivity contribution in [1.29, 1.82) is 5.26 Å². The number of aryl methyl sites for hydroxylation is 1. The summed E-state index contributed by atoms with van der Waals surface area (Å²) in [6.45, 7) is 2.15. The molecule has 1 aliphatic heterocycles. The van der Waals surface area contributed by atoms with Crippen LogP contribution in [-0.4, -0.2) is 20.0 Å². The van der Waals surface area contributed by atoms with Crippen LogP contribution in [0.2, 0.25) is 0 Å². The molecule has 8 rings (SSSR count). The number of allylic oxidation sites excluding steroid dienone is 1. The highest BCUT2D eigenvalue weighted by Crippen LogP contribution is 2.62. The highest BCUT2D eigenvalue weighted by atomic mass is 16.5. The SMILES string of the molecule is CCCc1[nH]nc2c1C(c1cn(-c3ccccc3)nc1C13CC4CC(CC(C4)C1)C3)C(C#N)=C(N)O2. The van der Waals surface area contributed by atoms with Crippen molar-refractivity contribution in [2.24, 2.45) is 23.5 Å². The van der Waals surface area contributed by atoms with E-state index in [1.54, 1.807) is 0 Å². The van der Waals surface area contributed by atoms with Gasteiger partial charge in [0, 0.05) is 22.9 Å². The van der Waals surface area contributed by atoms with Gasteiger partial charge in [0.1, 0.15) is 11.6 Å². The van der Waals surface area contributed by atoms with Crippen LogP contribution in [0.3, 0.4) is 0 Å². The quantitative estimate of drug-likeness (QED) is 0.520. The second-order valence-electron chi connectivity index (χ2n) is 11.5. The molecule has 184 valence electrons. The number of nitrogens with zero attached hydrogens (tertiary/aromatic N) is 4. The molecule has 1 aromatic carbocycles. The number of aromatic amines is 1. The Kier molecular flexibility index (Phi) is 4.82. The summed E-state index contributed by atoms with van der Waals surface area (Å²) in [5.74, 6) is 2.67. The van der Waals surface area contributed by atoms with E-state index in [0.29, 0.717) is 11.5 Å². The topological polar surface area (TPSA) is 106 Å². The summed E-state index contributed by atoms with van der Waals surface area (Å²) in [5.41, 5.74) is 12.1. The molecule has 0 amide bonds. The molecular weight excluding hydrogens is 448 g/mol. The number of fused-ring (bicyclic) bond motifs is 1. The van der Waals surface area contributed by atoms with Crippen molar-refractivity contribution in [3.8, 4) is 17.6 Å². The first kappa shape index (κ1) is 21.7. The predicted octanol–water partition coefficient (Wildman–Crippen LogP) is 5.23. The molecule has 0 saturated heterocycles. The molecule has 7 heteroatoms. The zero-order valence-electron chi connectivity index (χ0n) is 20.7. The summed E-state index contributed by atoms with van der Waals surface area (Å²) in [6.07, 6.45) is 11.6. The average Bonchev–Trinajstić information content (AvgIpc) is 3.48. The van der Waals surface area contributed by atoms with E-state index < -0.39 is 0 Å². The largest absolute Gasteiger partial charge is 0.420 e. The van der Waals surface area contributed by atoms with Gasteiger partial charge in [-0.25, -0.2) is 4.68 Å². The number of H-pyrrole nitrogens is 1. The third-order valence-corrected chi connectivity index (χ3v) is 9.13. The van der Waals surface area contributed by atoms with Gasteiger partial charge in [0.05, 0.1) is 22.9 Å². The van der Waals surface area contributed by atoms with Crippen LogP contribution >= 0.6 is 0 Å². The Morgan fingerprint density at radius 2 is 1.83 bits per heavy atom. The molecule has 4 fully saturated rings. The van der Waals surface area contributed by atoms with Gasteiger partial charge in [0.15, 0.2) is 0 Å². The first-order valence-corrected chi connectivity index (χ1v) is 13.4. The van der Waals surface area contributed by atoms with Crippen LogP contribution < -0.4 is 10.5 Å². The molecule has 1 atom stereocenters. The van der Waals surface area contributed by atoms with Gasteiger partial charge in [-0.15, -0.1) is 5.10 Å². The molecule has 7 nitrogen and oxygen atoms in total. The van der Waals surface area contributed by atoms with E-state index in [0.717, 1.165) is 58.8 Å². The zero-order chi connectivity index (χ0) is 24.4. The van der Waals surface area contributed by atoms with E-state index in [2.05, 4.69) is 41.5 Å². The Bertz CT molecular complexity index is 1360. The van der Waals surface area contributed by atoms with Crippen LogP contribution in [-0.2, 0) is 11.8 Å². The number of aromatic nitrogens is 4. The van der Waals surface area contributed by atoms with Crippen LogP contribution in [0.5, 0.6) is 5.88 Å². The molecule has 3 heterocycles. The van der Waals surface area contributed by atoms with Crippen molar-refractivity contribution in [2.45, 2.75) is 69.6 Å². The van der Waals surface area contributed by atoms with Gasteiger partial charge in [-0.2, -0.15) is 10.4 Å². The molecule has 3 aromatic rings. The van der Waals surface area contributed by atoms with Crippen LogP contribution in [0.15, 0.2) is 48.0 Å². The number of nitrogens with one attached hydrogen (secondary N) is 1. The van der Waals surface area contributed by atoms with Gasteiger partial charge in [-0.3, -0.25) is 5.10 Å². The van der Waals surface area contributed by atoms with E-state index in [4.69, 9.17) is 15.6 Å². The fourth-order valence-corrected chi connectivity index (χ4v) is 8.18. The number of nitrogens with two attached hydrogens (primary N) is 1. The molecule has 1 unspecified atom stereocenters. The minimum Gasteiger partial charge on any atom is -0.420 e. The number of para-hydroxylation sites is 1. The fourth-order valence-electron chi connectivity index (χ4n) is 8.18. The lowest BCUT2D eigenvalue weighted by Crippen LogP contribution is -2.49. The fraction of sp³-hybridized carbons (Fsp3) is 0.483. The van der Waals surface area contributed by atoms with Crippen molar-refractivity contribution >= 4 is 0 Å². The summed E-state index contributed by atoms with van der Waals surface area (Å²) >= 11 is 0. The van der Waals surface area contributed by atoms with Crippen molar-refractivity contribution in [2.75, 3.05) is 0 Å². The number of nitriles is 1. The number of hydrogen-bond donors (Lipinski definition) is 2. The van der Waals surface area contributed by atoms with Gasteiger partial charge < -0.3 is 10.5 Å². The van der Waals surface area contributed by atoms with Gasteiger partial charge in [-0.1, -0.05) is 31.5 Å². The summed E-state index contributed by atoms with van der Waals surface area (Å²) < 4.78 is 7.88. The van der Waals surface area contributed by atoms with E-state index in [1.165, 1.54) is 38.5 Å². The lowest BCUT2D eigenvalue weighted by Gasteiger charge is -2.56. The number of hydrogen-bond acceptors (Lipinski definition) is 5. The Balaban J connectivity index is 1.46. The number of ether oxygens (including phenoxy) is 1. The second kappa shape index (κ2) is 7.99. The Morgan fingerprint density at radius 3 is 2.47 bits per heavy atom. The van der Waals surface area contributed by atoms with Gasteiger partial charge in [0.25, 0.3) is 0 Å². The highest BCUT2D eigenvalue weighted by Gasteiger charge is 2.54. The molecule has 3 N–H and O–H groups in total. The molecule has 36 heavy (non-hydrogen) atoms. The molecular formula is C29H32N6O. The van der Waals surface area contributed by atoms with Gasteiger partial charge in [-0.05, 0) is 74.8 Å². The van der Waals surface area contributed by atoms with E-state index in [9.17, 15) is 5.26 Å². The number of rotatable bonds is 5. The van der Waals surface area contributed by atoms with Crippen LogP contribution in [0.4, 0.5) is 0 Å². The molecule has 2 aromatic heterocycles. The third kappa shape index (κ3) is 3.16. The first-order chi connectivity index (χ1) is 17.6. The third-order valence-electron chi connectivity index (χ3n) is 9.13. The maximum Gasteiger partial charge on any atom is 0.244 e. The van der Waals surface area contributed by atoms with E-state index in [1.807, 2.05) is 22.9 Å². The standard InChI is InChI=1S/C29H32N6O/c1-2-6-23-25-24(21(15-30)27(31)36-28(25)33-32-23)22-16-35(20-7-4-3-5-8-20)34-26(22)29-12-17-9-18(13-29)11-19(10-17)14-29/h3-5,7-8,16-19,24H,2,6,9-14,31H2,1H3,(H,32,33). The average molecular weight is 481 g/mol. The van der Waals surface area contributed by atoms with Gasteiger partial charge >= 0.3 is 0 Å². The van der Waals surface area contributed by atoms with Gasteiger partial charge in [0.2, 0.25) is 11.8 Å². The summed E-state index contributed by atoms with van der Waals surface area (Å²) in [5, 5.41) is 23.3. The minimum atomic E-state index is -0.334. The summed E-state index contributed by atoms with van der Waals surface area (Å²) in [6, 6.07) is 12.7. The highest BCUT2D eigenvalue weighted by molar-refractivity contribution is 5.57. The zero-order valence-corrected chi connectivity index (χ0v) is 20.7. The Hall–Kier alpha value is -3.53. The van der Waals surface area contributed by atoms with E-state index in [-0.39, 0.29) is 17.2 Å². The van der Waals surface area contributed by atoms with Crippen LogP contribution in [0.25, 0.3) is 5.69 Å².